The fourth-order valence-electron chi connectivity index (χ4n) is 3.37. The highest BCUT2D eigenvalue weighted by Gasteiger charge is 2.29. The Hall–Kier alpha value is -2.50. The van der Waals surface area contributed by atoms with Crippen LogP contribution in [0, 0.1) is 13.8 Å². The Labute approximate surface area is 154 Å². The van der Waals surface area contributed by atoms with Gasteiger partial charge in [0, 0.05) is 13.1 Å². The van der Waals surface area contributed by atoms with E-state index in [-0.39, 0.29) is 6.23 Å². The van der Waals surface area contributed by atoms with Gasteiger partial charge in [-0.05, 0) is 25.0 Å². The van der Waals surface area contributed by atoms with Gasteiger partial charge in [0.15, 0.2) is 6.23 Å². The Morgan fingerprint density at radius 2 is 1.85 bits per heavy atom. The van der Waals surface area contributed by atoms with Crippen molar-refractivity contribution in [1.29, 1.82) is 0 Å². The summed E-state index contributed by atoms with van der Waals surface area (Å²) in [5.74, 6) is 0. The largest absolute Gasteiger partial charge is 0.356 e. The van der Waals surface area contributed by atoms with Gasteiger partial charge in [-0.25, -0.2) is 4.68 Å². The molecule has 26 heavy (non-hydrogen) atoms. The van der Waals surface area contributed by atoms with Crippen molar-refractivity contribution in [2.45, 2.75) is 33.2 Å². The number of hydrogen-bond acceptors (Lipinski definition) is 4. The Morgan fingerprint density at radius 3 is 2.65 bits per heavy atom. The van der Waals surface area contributed by atoms with Crippen LogP contribution < -0.4 is 0 Å². The molecule has 0 bridgehead atoms. The first-order chi connectivity index (χ1) is 12.7. The zero-order chi connectivity index (χ0) is 17.9. The molecular formula is C21H24N4O. The lowest BCUT2D eigenvalue weighted by Crippen LogP contribution is -2.23. The van der Waals surface area contributed by atoms with E-state index in [0.717, 1.165) is 31.9 Å². The van der Waals surface area contributed by atoms with Crippen molar-refractivity contribution in [2.75, 3.05) is 13.2 Å². The SMILES string of the molecule is Cc1ccc(Cn2cc([C@@H]3OCCN3Cc3cccc(C)c3)nn2)cc1. The number of nitrogens with zero attached hydrogens (tertiary/aromatic N) is 4. The van der Waals surface area contributed by atoms with E-state index in [0.29, 0.717) is 0 Å². The zero-order valence-corrected chi connectivity index (χ0v) is 15.3. The molecular weight excluding hydrogens is 324 g/mol. The number of benzene rings is 2. The minimum absolute atomic E-state index is 0.123. The Morgan fingerprint density at radius 1 is 1.00 bits per heavy atom. The topological polar surface area (TPSA) is 43.2 Å². The van der Waals surface area contributed by atoms with Crippen LogP contribution >= 0.6 is 0 Å². The molecule has 1 saturated heterocycles. The average Bonchev–Trinajstić information content (AvgIpc) is 3.26. The maximum Gasteiger partial charge on any atom is 0.157 e. The van der Waals surface area contributed by atoms with Crippen molar-refractivity contribution in [2.24, 2.45) is 0 Å². The van der Waals surface area contributed by atoms with Crippen molar-refractivity contribution in [3.63, 3.8) is 0 Å². The second-order valence-electron chi connectivity index (χ2n) is 7.01. The Balaban J connectivity index is 1.46. The zero-order valence-electron chi connectivity index (χ0n) is 15.3. The van der Waals surface area contributed by atoms with E-state index < -0.39 is 0 Å². The van der Waals surface area contributed by atoms with E-state index in [4.69, 9.17) is 4.74 Å². The van der Waals surface area contributed by atoms with Crippen molar-refractivity contribution in [3.05, 3.63) is 82.7 Å². The summed E-state index contributed by atoms with van der Waals surface area (Å²) >= 11 is 0. The molecule has 0 radical (unpaired) electrons. The molecule has 2 aromatic carbocycles. The van der Waals surface area contributed by atoms with Crippen LogP contribution in [0.2, 0.25) is 0 Å². The summed E-state index contributed by atoms with van der Waals surface area (Å²) in [6, 6.07) is 17.1. The number of aryl methyl sites for hydroxylation is 2. The van der Waals surface area contributed by atoms with Crippen LogP contribution in [-0.4, -0.2) is 33.0 Å². The predicted octanol–water partition coefficient (Wildman–Crippen LogP) is 3.47. The molecule has 1 aromatic heterocycles. The Bertz CT molecular complexity index is 872. The first-order valence-corrected chi connectivity index (χ1v) is 9.04. The summed E-state index contributed by atoms with van der Waals surface area (Å²) in [7, 11) is 0. The maximum atomic E-state index is 5.94. The second kappa shape index (κ2) is 7.40. The minimum Gasteiger partial charge on any atom is -0.356 e. The lowest BCUT2D eigenvalue weighted by atomic mass is 10.1. The third-order valence-corrected chi connectivity index (χ3v) is 4.73. The molecule has 0 amide bonds. The molecule has 5 nitrogen and oxygen atoms in total. The quantitative estimate of drug-likeness (QED) is 0.708. The van der Waals surface area contributed by atoms with Crippen LogP contribution in [0.15, 0.2) is 54.7 Å². The minimum atomic E-state index is -0.123. The summed E-state index contributed by atoms with van der Waals surface area (Å²) in [4.78, 5) is 2.31. The fraction of sp³-hybridized carbons (Fsp3) is 0.333. The van der Waals surface area contributed by atoms with E-state index in [1.54, 1.807) is 0 Å². The summed E-state index contributed by atoms with van der Waals surface area (Å²) in [5, 5.41) is 8.66. The van der Waals surface area contributed by atoms with E-state index >= 15 is 0 Å². The van der Waals surface area contributed by atoms with Gasteiger partial charge in [0.1, 0.15) is 5.69 Å². The highest BCUT2D eigenvalue weighted by molar-refractivity contribution is 5.23. The van der Waals surface area contributed by atoms with Crippen LogP contribution in [0.4, 0.5) is 0 Å². The fourth-order valence-corrected chi connectivity index (χ4v) is 3.37. The van der Waals surface area contributed by atoms with Crippen molar-refractivity contribution in [3.8, 4) is 0 Å². The van der Waals surface area contributed by atoms with E-state index in [2.05, 4.69) is 77.6 Å². The molecule has 134 valence electrons. The number of ether oxygens (including phenoxy) is 1. The third-order valence-electron chi connectivity index (χ3n) is 4.73. The van der Waals surface area contributed by atoms with Gasteiger partial charge in [0.05, 0.1) is 19.3 Å². The lowest BCUT2D eigenvalue weighted by Gasteiger charge is -2.21. The molecule has 4 rings (SSSR count). The van der Waals surface area contributed by atoms with E-state index in [9.17, 15) is 0 Å². The molecule has 1 aliphatic heterocycles. The first kappa shape index (κ1) is 16.9. The standard InChI is InChI=1S/C21H24N4O/c1-16-6-8-18(9-7-16)14-25-15-20(22-23-25)21-24(10-11-26-21)13-19-5-3-4-17(2)12-19/h3-9,12,15,21H,10-11,13-14H2,1-2H3/t21-/m0/s1. The smallest absolute Gasteiger partial charge is 0.157 e. The molecule has 1 atom stereocenters. The molecule has 1 fully saturated rings. The maximum absolute atomic E-state index is 5.94. The van der Waals surface area contributed by atoms with Gasteiger partial charge in [-0.3, -0.25) is 4.90 Å². The highest BCUT2D eigenvalue weighted by Crippen LogP contribution is 2.27. The van der Waals surface area contributed by atoms with Gasteiger partial charge >= 0.3 is 0 Å². The Kier molecular flexibility index (Phi) is 4.82. The summed E-state index contributed by atoms with van der Waals surface area (Å²) in [5.41, 5.74) is 5.94. The summed E-state index contributed by atoms with van der Waals surface area (Å²) < 4.78 is 7.82. The van der Waals surface area contributed by atoms with Crippen LogP contribution in [0.25, 0.3) is 0 Å². The van der Waals surface area contributed by atoms with Gasteiger partial charge in [0.2, 0.25) is 0 Å². The van der Waals surface area contributed by atoms with E-state index in [1.165, 1.54) is 22.3 Å². The predicted molar refractivity (Wildman–Crippen MR) is 101 cm³/mol. The van der Waals surface area contributed by atoms with Gasteiger partial charge in [0.25, 0.3) is 0 Å². The van der Waals surface area contributed by atoms with Gasteiger partial charge in [-0.1, -0.05) is 64.9 Å². The first-order valence-electron chi connectivity index (χ1n) is 9.04. The molecule has 1 aliphatic rings. The van der Waals surface area contributed by atoms with Crippen molar-refractivity contribution < 1.29 is 4.74 Å². The molecule has 0 aliphatic carbocycles. The van der Waals surface area contributed by atoms with Gasteiger partial charge < -0.3 is 4.74 Å². The number of aromatic nitrogens is 3. The van der Waals surface area contributed by atoms with Gasteiger partial charge in [-0.15, -0.1) is 5.10 Å². The van der Waals surface area contributed by atoms with Crippen LogP contribution in [0.5, 0.6) is 0 Å². The normalized spacial score (nSPS) is 17.7. The second-order valence-corrected chi connectivity index (χ2v) is 7.01. The summed E-state index contributed by atoms with van der Waals surface area (Å²) in [6.45, 7) is 7.43. The highest BCUT2D eigenvalue weighted by atomic mass is 16.5. The van der Waals surface area contributed by atoms with Crippen LogP contribution in [-0.2, 0) is 17.8 Å². The average molecular weight is 348 g/mol. The molecule has 0 unspecified atom stereocenters. The van der Waals surface area contributed by atoms with Crippen molar-refractivity contribution in [1.82, 2.24) is 19.9 Å². The van der Waals surface area contributed by atoms with Crippen LogP contribution in [0.3, 0.4) is 0 Å². The molecule has 0 saturated carbocycles. The number of rotatable bonds is 5. The van der Waals surface area contributed by atoms with Crippen LogP contribution in [0.1, 0.15) is 34.2 Å². The number of hydrogen-bond donors (Lipinski definition) is 0. The molecule has 0 spiro atoms. The molecule has 3 aromatic rings. The van der Waals surface area contributed by atoms with Crippen molar-refractivity contribution >= 4 is 0 Å². The van der Waals surface area contributed by atoms with E-state index in [1.807, 2.05) is 10.9 Å². The monoisotopic (exact) mass is 348 g/mol. The van der Waals surface area contributed by atoms with Gasteiger partial charge in [-0.2, -0.15) is 0 Å². The summed E-state index contributed by atoms with van der Waals surface area (Å²) in [6.07, 6.45) is 1.88. The lowest BCUT2D eigenvalue weighted by molar-refractivity contribution is 0.0252. The molecule has 2 heterocycles. The molecule has 0 N–H and O–H groups in total. The molecule has 5 heteroatoms. The third kappa shape index (κ3) is 3.84.